The summed E-state index contributed by atoms with van der Waals surface area (Å²) in [6, 6.07) is 10.6. The number of aryl methyl sites for hydroxylation is 3. The van der Waals surface area contributed by atoms with Crippen molar-refractivity contribution < 1.29 is 0 Å². The van der Waals surface area contributed by atoms with Crippen molar-refractivity contribution in [3.63, 3.8) is 0 Å². The number of aromatic nitrogens is 2. The second kappa shape index (κ2) is 6.14. The maximum absolute atomic E-state index is 4.78. The van der Waals surface area contributed by atoms with E-state index in [9.17, 15) is 0 Å². The summed E-state index contributed by atoms with van der Waals surface area (Å²) in [5.74, 6) is 0.994. The van der Waals surface area contributed by atoms with Crippen LogP contribution in [-0.2, 0) is 32.2 Å². The minimum absolute atomic E-state index is 0.892. The zero-order valence-electron chi connectivity index (χ0n) is 12.0. The van der Waals surface area contributed by atoms with Crippen LogP contribution in [0, 0.1) is 0 Å². The third kappa shape index (κ3) is 2.88. The van der Waals surface area contributed by atoms with Gasteiger partial charge in [-0.1, -0.05) is 37.3 Å². The molecule has 1 aromatic carbocycles. The molecule has 0 unspecified atom stereocenters. The fraction of sp³-hybridized carbons (Fsp3) is 0.412. The van der Waals surface area contributed by atoms with Crippen LogP contribution in [0.2, 0.25) is 0 Å². The largest absolute Gasteiger partial charge is 0.311 e. The monoisotopic (exact) mass is 267 g/mol. The molecule has 0 bridgehead atoms. The van der Waals surface area contributed by atoms with Crippen LogP contribution >= 0.6 is 0 Å². The van der Waals surface area contributed by atoms with Gasteiger partial charge in [-0.15, -0.1) is 0 Å². The fourth-order valence-electron chi connectivity index (χ4n) is 2.80. The Balaban J connectivity index is 1.79. The number of nitrogens with one attached hydrogen (secondary N) is 1. The van der Waals surface area contributed by atoms with E-state index in [-0.39, 0.29) is 0 Å². The SMILES string of the molecule is CCc1nc(CCc2ccccc2)nc2c1CCNC2. The molecule has 0 fully saturated rings. The van der Waals surface area contributed by atoms with Crippen LogP contribution in [0.5, 0.6) is 0 Å². The van der Waals surface area contributed by atoms with Crippen LogP contribution in [0.25, 0.3) is 0 Å². The molecule has 2 aromatic rings. The molecule has 1 aromatic heterocycles. The Bertz CT molecular complexity index is 561. The highest BCUT2D eigenvalue weighted by Gasteiger charge is 2.16. The van der Waals surface area contributed by atoms with Crippen molar-refractivity contribution in [2.45, 2.75) is 39.2 Å². The van der Waals surface area contributed by atoms with E-state index < -0.39 is 0 Å². The molecule has 104 valence electrons. The number of nitrogens with zero attached hydrogens (tertiary/aromatic N) is 2. The van der Waals surface area contributed by atoms with Gasteiger partial charge >= 0.3 is 0 Å². The highest BCUT2D eigenvalue weighted by Crippen LogP contribution is 2.17. The third-order valence-corrected chi connectivity index (χ3v) is 3.88. The average Bonchev–Trinajstić information content (AvgIpc) is 2.53. The Morgan fingerprint density at radius 2 is 1.95 bits per heavy atom. The van der Waals surface area contributed by atoms with Gasteiger partial charge in [-0.05, 0) is 36.9 Å². The Kier molecular flexibility index (Phi) is 4.07. The van der Waals surface area contributed by atoms with Gasteiger partial charge < -0.3 is 5.32 Å². The van der Waals surface area contributed by atoms with E-state index in [0.29, 0.717) is 0 Å². The van der Waals surface area contributed by atoms with Gasteiger partial charge in [0.1, 0.15) is 5.82 Å². The summed E-state index contributed by atoms with van der Waals surface area (Å²) in [7, 11) is 0. The van der Waals surface area contributed by atoms with E-state index >= 15 is 0 Å². The van der Waals surface area contributed by atoms with Crippen molar-refractivity contribution in [1.82, 2.24) is 15.3 Å². The Morgan fingerprint density at radius 3 is 2.75 bits per heavy atom. The average molecular weight is 267 g/mol. The number of hydrogen-bond donors (Lipinski definition) is 1. The normalized spacial score (nSPS) is 14.1. The zero-order valence-corrected chi connectivity index (χ0v) is 12.0. The van der Waals surface area contributed by atoms with Crippen molar-refractivity contribution in [2.24, 2.45) is 0 Å². The molecule has 1 aliphatic heterocycles. The van der Waals surface area contributed by atoms with E-state index in [1.165, 1.54) is 22.5 Å². The van der Waals surface area contributed by atoms with E-state index in [4.69, 9.17) is 9.97 Å². The Hall–Kier alpha value is -1.74. The van der Waals surface area contributed by atoms with Gasteiger partial charge in [-0.2, -0.15) is 0 Å². The first-order valence-electron chi connectivity index (χ1n) is 7.49. The molecule has 0 spiro atoms. The minimum Gasteiger partial charge on any atom is -0.311 e. The van der Waals surface area contributed by atoms with Crippen LogP contribution in [0.1, 0.15) is 35.3 Å². The lowest BCUT2D eigenvalue weighted by Gasteiger charge is -2.19. The summed E-state index contributed by atoms with van der Waals surface area (Å²) in [6.45, 7) is 4.13. The van der Waals surface area contributed by atoms with Crippen LogP contribution < -0.4 is 5.32 Å². The number of benzene rings is 1. The molecule has 0 atom stereocenters. The lowest BCUT2D eigenvalue weighted by molar-refractivity contribution is 0.607. The molecule has 20 heavy (non-hydrogen) atoms. The molecule has 0 amide bonds. The van der Waals surface area contributed by atoms with Crippen molar-refractivity contribution in [3.05, 3.63) is 58.7 Å². The predicted molar refractivity (Wildman–Crippen MR) is 80.7 cm³/mol. The standard InChI is InChI=1S/C17H21N3/c1-2-15-14-10-11-18-12-16(14)20-17(19-15)9-8-13-6-4-3-5-7-13/h3-7,18H,2,8-12H2,1H3. The number of rotatable bonds is 4. The van der Waals surface area contributed by atoms with Gasteiger partial charge in [0.05, 0.1) is 5.69 Å². The highest BCUT2D eigenvalue weighted by atomic mass is 15.0. The quantitative estimate of drug-likeness (QED) is 0.924. The summed E-state index contributed by atoms with van der Waals surface area (Å²) in [4.78, 5) is 9.54. The Labute approximate surface area is 120 Å². The summed E-state index contributed by atoms with van der Waals surface area (Å²) in [5, 5.41) is 3.40. The topological polar surface area (TPSA) is 37.8 Å². The third-order valence-electron chi connectivity index (χ3n) is 3.88. The maximum Gasteiger partial charge on any atom is 0.129 e. The maximum atomic E-state index is 4.78. The fourth-order valence-corrected chi connectivity index (χ4v) is 2.80. The highest BCUT2D eigenvalue weighted by molar-refractivity contribution is 5.29. The zero-order chi connectivity index (χ0) is 13.8. The van der Waals surface area contributed by atoms with Crippen LogP contribution in [0.15, 0.2) is 30.3 Å². The summed E-state index contributed by atoms with van der Waals surface area (Å²) in [5.41, 5.74) is 5.20. The van der Waals surface area contributed by atoms with Crippen molar-refractivity contribution >= 4 is 0 Å². The molecule has 3 nitrogen and oxygen atoms in total. The van der Waals surface area contributed by atoms with Gasteiger partial charge in [0.15, 0.2) is 0 Å². The van der Waals surface area contributed by atoms with Crippen molar-refractivity contribution in [1.29, 1.82) is 0 Å². The lowest BCUT2D eigenvalue weighted by Crippen LogP contribution is -2.27. The van der Waals surface area contributed by atoms with E-state index in [1.54, 1.807) is 0 Å². The Morgan fingerprint density at radius 1 is 1.10 bits per heavy atom. The van der Waals surface area contributed by atoms with Gasteiger partial charge in [0, 0.05) is 18.7 Å². The molecule has 0 saturated carbocycles. The summed E-state index contributed by atoms with van der Waals surface area (Å²) < 4.78 is 0. The molecule has 0 saturated heterocycles. The number of fused-ring (bicyclic) bond motifs is 1. The second-order valence-electron chi connectivity index (χ2n) is 5.28. The molecule has 2 heterocycles. The van der Waals surface area contributed by atoms with Crippen LogP contribution in [-0.4, -0.2) is 16.5 Å². The van der Waals surface area contributed by atoms with Gasteiger partial charge in [0.2, 0.25) is 0 Å². The second-order valence-corrected chi connectivity index (χ2v) is 5.28. The molecule has 0 radical (unpaired) electrons. The summed E-state index contributed by atoms with van der Waals surface area (Å²) in [6.07, 6.45) is 4.00. The predicted octanol–water partition coefficient (Wildman–Crippen LogP) is 2.47. The molecular formula is C17H21N3. The first-order valence-corrected chi connectivity index (χ1v) is 7.49. The molecular weight excluding hydrogens is 246 g/mol. The molecule has 3 rings (SSSR count). The van der Waals surface area contributed by atoms with E-state index in [2.05, 4.69) is 42.6 Å². The first kappa shape index (κ1) is 13.3. The first-order chi connectivity index (χ1) is 9.86. The van der Waals surface area contributed by atoms with Crippen molar-refractivity contribution in [3.8, 4) is 0 Å². The smallest absolute Gasteiger partial charge is 0.129 e. The van der Waals surface area contributed by atoms with Gasteiger partial charge in [-0.25, -0.2) is 9.97 Å². The van der Waals surface area contributed by atoms with E-state index in [0.717, 1.165) is 44.6 Å². The molecule has 3 heteroatoms. The lowest BCUT2D eigenvalue weighted by atomic mass is 10.0. The van der Waals surface area contributed by atoms with Gasteiger partial charge in [0.25, 0.3) is 0 Å². The molecule has 0 aliphatic carbocycles. The van der Waals surface area contributed by atoms with Crippen LogP contribution in [0.3, 0.4) is 0 Å². The minimum atomic E-state index is 0.892. The molecule has 1 N–H and O–H groups in total. The number of hydrogen-bond acceptors (Lipinski definition) is 3. The van der Waals surface area contributed by atoms with E-state index in [1.807, 2.05) is 0 Å². The van der Waals surface area contributed by atoms with Crippen molar-refractivity contribution in [2.75, 3.05) is 6.54 Å². The van der Waals surface area contributed by atoms with Gasteiger partial charge in [-0.3, -0.25) is 0 Å². The van der Waals surface area contributed by atoms with Crippen LogP contribution in [0.4, 0.5) is 0 Å². The molecule has 1 aliphatic rings. The summed E-state index contributed by atoms with van der Waals surface area (Å²) >= 11 is 0.